The first kappa shape index (κ1) is 35.2. The van der Waals surface area contributed by atoms with Gasteiger partial charge in [0.15, 0.2) is 0 Å². The van der Waals surface area contributed by atoms with Crippen LogP contribution in [0.4, 0.5) is 14.9 Å². The van der Waals surface area contributed by atoms with E-state index in [0.717, 1.165) is 54.6 Å². The topological polar surface area (TPSA) is 178 Å². The number of hydrogen-bond acceptors (Lipinski definition) is 9. The van der Waals surface area contributed by atoms with E-state index in [1.165, 1.54) is 12.1 Å². The number of fused-ring (bicyclic) bond motifs is 2. The number of benzene rings is 2. The number of rotatable bonds is 12. The van der Waals surface area contributed by atoms with Crippen LogP contribution in [0, 0.1) is 17.7 Å². The Labute approximate surface area is 305 Å². The van der Waals surface area contributed by atoms with Crippen molar-refractivity contribution in [1.82, 2.24) is 31.1 Å². The number of piperidine rings is 1. The standard InChI is InChI=1S/C38H44FN7O7/c39-26-5-4-24-19-45(20-25(24)13-26)31(48)18-42-37-14-22-12-23(15-37)17-38(16-22,21-37)44-36(52)41-9-11-53-10-8-40-28-3-1-2-27-32(28)35(51)46(34(27)50)29-6-7-30(47)43-33(29)49/h1-5,13,22-23,29,40,42H,6-12,14-21H2,(H2,41,44,52)(H,43,47,49). The molecule has 53 heavy (non-hydrogen) atoms. The minimum Gasteiger partial charge on any atom is -0.382 e. The minimum atomic E-state index is -1.04. The Morgan fingerprint density at radius 2 is 1.68 bits per heavy atom. The van der Waals surface area contributed by atoms with Crippen molar-refractivity contribution < 1.29 is 37.9 Å². The molecule has 3 atom stereocenters. The lowest BCUT2D eigenvalue weighted by Gasteiger charge is -2.62. The monoisotopic (exact) mass is 729 g/mol. The van der Waals surface area contributed by atoms with Gasteiger partial charge < -0.3 is 30.9 Å². The largest absolute Gasteiger partial charge is 0.382 e. The Balaban J connectivity index is 0.773. The van der Waals surface area contributed by atoms with Gasteiger partial charge in [0, 0.05) is 49.4 Å². The van der Waals surface area contributed by atoms with Gasteiger partial charge in [-0.05, 0) is 92.2 Å². The summed E-state index contributed by atoms with van der Waals surface area (Å²) in [7, 11) is 0. The van der Waals surface area contributed by atoms with E-state index in [9.17, 15) is 33.2 Å². The van der Waals surface area contributed by atoms with E-state index >= 15 is 0 Å². The Hall–Kier alpha value is -4.89. The third-order valence-electron chi connectivity index (χ3n) is 11.9. The van der Waals surface area contributed by atoms with Crippen LogP contribution in [-0.4, -0.2) is 95.3 Å². The highest BCUT2D eigenvalue weighted by molar-refractivity contribution is 6.25. The highest BCUT2D eigenvalue weighted by Crippen LogP contribution is 2.57. The van der Waals surface area contributed by atoms with Gasteiger partial charge >= 0.3 is 6.03 Å². The fourth-order valence-corrected chi connectivity index (χ4v) is 10.1. The fraction of sp³-hybridized carbons (Fsp3) is 0.526. The van der Waals surface area contributed by atoms with Gasteiger partial charge in [-0.3, -0.25) is 34.2 Å². The average molecular weight is 730 g/mol. The van der Waals surface area contributed by atoms with E-state index in [-0.39, 0.29) is 72.6 Å². The number of nitrogens with one attached hydrogen (secondary N) is 5. The van der Waals surface area contributed by atoms with Crippen molar-refractivity contribution in [1.29, 1.82) is 0 Å². The first-order chi connectivity index (χ1) is 25.5. The van der Waals surface area contributed by atoms with Crippen LogP contribution >= 0.6 is 0 Å². The van der Waals surface area contributed by atoms with Crippen molar-refractivity contribution in [2.45, 2.75) is 81.6 Å². The van der Waals surface area contributed by atoms with Crippen molar-refractivity contribution in [3.63, 3.8) is 0 Å². The number of anilines is 1. The number of urea groups is 1. The number of carbonyl (C=O) groups excluding carboxylic acids is 6. The van der Waals surface area contributed by atoms with Crippen LogP contribution in [0.3, 0.4) is 0 Å². The zero-order chi connectivity index (χ0) is 36.9. The smallest absolute Gasteiger partial charge is 0.315 e. The highest BCUT2D eigenvalue weighted by atomic mass is 19.1. The molecule has 3 heterocycles. The number of hydrogen-bond donors (Lipinski definition) is 5. The van der Waals surface area contributed by atoms with Crippen LogP contribution in [-0.2, 0) is 32.2 Å². The Bertz CT molecular complexity index is 1870. The number of halogens is 1. The van der Waals surface area contributed by atoms with Gasteiger partial charge in [-0.25, -0.2) is 9.18 Å². The minimum absolute atomic E-state index is 0.00000197. The van der Waals surface area contributed by atoms with E-state index in [2.05, 4.69) is 26.6 Å². The lowest BCUT2D eigenvalue weighted by molar-refractivity contribution is -0.136. The van der Waals surface area contributed by atoms with E-state index in [4.69, 9.17) is 4.74 Å². The van der Waals surface area contributed by atoms with E-state index in [0.29, 0.717) is 43.7 Å². The molecule has 2 aromatic rings. The summed E-state index contributed by atoms with van der Waals surface area (Å²) in [5, 5.41) is 15.2. The van der Waals surface area contributed by atoms with Gasteiger partial charge in [0.25, 0.3) is 11.8 Å². The Kier molecular flexibility index (Phi) is 9.17. The van der Waals surface area contributed by atoms with Crippen molar-refractivity contribution >= 4 is 41.3 Å². The molecule has 2 aromatic carbocycles. The normalized spacial score (nSPS) is 28.2. The zero-order valence-electron chi connectivity index (χ0n) is 29.4. The molecule has 5 fully saturated rings. The van der Waals surface area contributed by atoms with Crippen LogP contribution in [0.15, 0.2) is 36.4 Å². The molecule has 3 aliphatic heterocycles. The van der Waals surface area contributed by atoms with Gasteiger partial charge in [0.05, 0.1) is 30.9 Å². The maximum atomic E-state index is 13.7. The molecule has 0 radical (unpaired) electrons. The maximum Gasteiger partial charge on any atom is 0.315 e. The number of amides is 7. The molecular weight excluding hydrogens is 685 g/mol. The Morgan fingerprint density at radius 1 is 0.925 bits per heavy atom. The molecule has 4 saturated carbocycles. The van der Waals surface area contributed by atoms with Crippen molar-refractivity contribution in [3.05, 3.63) is 64.5 Å². The lowest BCUT2D eigenvalue weighted by atomic mass is 9.50. The van der Waals surface area contributed by atoms with Crippen LogP contribution in [0.1, 0.15) is 83.2 Å². The van der Waals surface area contributed by atoms with E-state index in [1.807, 2.05) is 0 Å². The Morgan fingerprint density at radius 3 is 2.47 bits per heavy atom. The molecule has 1 saturated heterocycles. The molecule has 7 aliphatic rings. The second-order valence-corrected chi connectivity index (χ2v) is 15.6. The van der Waals surface area contributed by atoms with Crippen LogP contribution < -0.4 is 26.6 Å². The van der Waals surface area contributed by atoms with E-state index < -0.39 is 29.7 Å². The number of nitrogens with zero attached hydrogens (tertiary/aromatic N) is 2. The molecule has 15 heteroatoms. The first-order valence-corrected chi connectivity index (χ1v) is 18.5. The van der Waals surface area contributed by atoms with Gasteiger partial charge in [0.1, 0.15) is 11.9 Å². The number of ether oxygens (including phenoxy) is 1. The fourth-order valence-electron chi connectivity index (χ4n) is 10.1. The molecule has 4 aliphatic carbocycles. The predicted octanol–water partition coefficient (Wildman–Crippen LogP) is 2.18. The molecule has 7 amide bonds. The summed E-state index contributed by atoms with van der Waals surface area (Å²) in [6, 6.07) is 8.29. The highest BCUT2D eigenvalue weighted by Gasteiger charge is 2.58. The molecule has 4 bridgehead atoms. The molecule has 3 unspecified atom stereocenters. The summed E-state index contributed by atoms with van der Waals surface area (Å²) >= 11 is 0. The molecule has 5 N–H and O–H groups in total. The van der Waals surface area contributed by atoms with Crippen molar-refractivity contribution in [3.8, 4) is 0 Å². The third-order valence-corrected chi connectivity index (χ3v) is 11.9. The summed E-state index contributed by atoms with van der Waals surface area (Å²) < 4.78 is 19.4. The van der Waals surface area contributed by atoms with Gasteiger partial charge in [-0.1, -0.05) is 12.1 Å². The quantitative estimate of drug-likeness (QED) is 0.162. The second kappa shape index (κ2) is 13.8. The average Bonchev–Trinajstić information content (AvgIpc) is 3.64. The summed E-state index contributed by atoms with van der Waals surface area (Å²) in [4.78, 5) is 79.4. The van der Waals surface area contributed by atoms with Crippen LogP contribution in [0.25, 0.3) is 0 Å². The molecular formula is C38H44FN7O7. The molecule has 280 valence electrons. The lowest BCUT2D eigenvalue weighted by Crippen LogP contribution is -2.70. The van der Waals surface area contributed by atoms with Gasteiger partial charge in [-0.15, -0.1) is 0 Å². The third kappa shape index (κ3) is 6.87. The van der Waals surface area contributed by atoms with Gasteiger partial charge in [0.2, 0.25) is 17.7 Å². The molecule has 14 nitrogen and oxygen atoms in total. The van der Waals surface area contributed by atoms with Crippen molar-refractivity contribution in [2.75, 3.05) is 38.2 Å². The van der Waals surface area contributed by atoms with Crippen LogP contribution in [0.2, 0.25) is 0 Å². The SMILES string of the molecule is O=C1CCC(N2C(=O)c3cccc(NCCOCCNC(=O)NC45CC6CC(CC(NCC(=O)N7Cc8ccc(F)cc8C7)(C6)C4)C5)c3C2=O)C(=O)N1. The van der Waals surface area contributed by atoms with Gasteiger partial charge in [-0.2, -0.15) is 0 Å². The predicted molar refractivity (Wildman–Crippen MR) is 188 cm³/mol. The molecule has 0 aromatic heterocycles. The molecule has 9 rings (SSSR count). The summed E-state index contributed by atoms with van der Waals surface area (Å²) in [5.74, 6) is -1.57. The number of carbonyl (C=O) groups is 6. The zero-order valence-corrected chi connectivity index (χ0v) is 29.4. The van der Waals surface area contributed by atoms with Crippen molar-refractivity contribution in [2.24, 2.45) is 11.8 Å². The van der Waals surface area contributed by atoms with Crippen LogP contribution in [0.5, 0.6) is 0 Å². The summed E-state index contributed by atoms with van der Waals surface area (Å²) in [6.45, 7) is 2.28. The summed E-state index contributed by atoms with van der Waals surface area (Å²) in [6.07, 6.45) is 5.87. The maximum absolute atomic E-state index is 13.7. The second-order valence-electron chi connectivity index (χ2n) is 15.6. The number of imide groups is 2. The summed E-state index contributed by atoms with van der Waals surface area (Å²) in [5.41, 5.74) is 2.13. The van der Waals surface area contributed by atoms with E-state index in [1.54, 1.807) is 29.2 Å². The molecule has 0 spiro atoms. The first-order valence-electron chi connectivity index (χ1n) is 18.5.